The first kappa shape index (κ1) is 22.3. The van der Waals surface area contributed by atoms with E-state index in [1.165, 1.54) is 16.9 Å². The highest BCUT2D eigenvalue weighted by Gasteiger charge is 2.33. The van der Waals surface area contributed by atoms with E-state index in [1.807, 2.05) is 53.9 Å². The number of hydrogen-bond donors (Lipinski definition) is 1. The molecule has 2 aromatic carbocycles. The average Bonchev–Trinajstić information content (AvgIpc) is 3.51. The molecule has 0 radical (unpaired) electrons. The third-order valence-electron chi connectivity index (χ3n) is 6.09. The summed E-state index contributed by atoms with van der Waals surface area (Å²) in [7, 11) is 0. The second-order valence-electron chi connectivity index (χ2n) is 8.52. The first-order valence-electron chi connectivity index (χ1n) is 11.4. The summed E-state index contributed by atoms with van der Waals surface area (Å²) < 4.78 is 0. The molecular weight excluding hydrogens is 416 g/mol. The second kappa shape index (κ2) is 10.6. The van der Waals surface area contributed by atoms with E-state index in [-0.39, 0.29) is 17.9 Å². The number of amides is 2. The number of aryl methyl sites for hydroxylation is 1. The van der Waals surface area contributed by atoms with Gasteiger partial charge in [-0.15, -0.1) is 11.3 Å². The Balaban J connectivity index is 1.66. The predicted octanol–water partition coefficient (Wildman–Crippen LogP) is 5.54. The Labute approximate surface area is 194 Å². The van der Waals surface area contributed by atoms with Gasteiger partial charge in [-0.1, -0.05) is 79.1 Å². The van der Waals surface area contributed by atoms with Crippen LogP contribution < -0.4 is 5.32 Å². The van der Waals surface area contributed by atoms with Gasteiger partial charge in [0.15, 0.2) is 0 Å². The second-order valence-corrected chi connectivity index (χ2v) is 9.47. The van der Waals surface area contributed by atoms with Crippen molar-refractivity contribution in [1.29, 1.82) is 0 Å². The van der Waals surface area contributed by atoms with Crippen molar-refractivity contribution in [3.05, 3.63) is 93.7 Å². The summed E-state index contributed by atoms with van der Waals surface area (Å²) in [5.74, 6) is -0.180. The third kappa shape index (κ3) is 5.46. The zero-order valence-corrected chi connectivity index (χ0v) is 19.3. The summed E-state index contributed by atoms with van der Waals surface area (Å²) in [5.41, 5.74) is 3.20. The maximum absolute atomic E-state index is 13.6. The molecule has 1 atom stereocenters. The summed E-state index contributed by atoms with van der Waals surface area (Å²) in [4.78, 5) is 29.6. The minimum Gasteiger partial charge on any atom is -0.351 e. The number of hydrogen-bond acceptors (Lipinski definition) is 3. The lowest BCUT2D eigenvalue weighted by Crippen LogP contribution is -2.46. The zero-order valence-electron chi connectivity index (χ0n) is 18.5. The molecule has 0 bridgehead atoms. The highest BCUT2D eigenvalue weighted by Crippen LogP contribution is 2.27. The fourth-order valence-electron chi connectivity index (χ4n) is 4.47. The Kier molecular flexibility index (Phi) is 7.38. The minimum absolute atomic E-state index is 0.0859. The van der Waals surface area contributed by atoms with Crippen molar-refractivity contribution in [2.24, 2.45) is 0 Å². The molecule has 1 fully saturated rings. The van der Waals surface area contributed by atoms with E-state index in [0.717, 1.165) is 36.8 Å². The molecule has 32 heavy (non-hydrogen) atoms. The molecule has 0 unspecified atom stereocenters. The Morgan fingerprint density at radius 2 is 1.81 bits per heavy atom. The number of rotatable bonds is 8. The maximum atomic E-state index is 13.6. The SMILES string of the molecule is Cc1cccc(CCN(C(=O)c2cccs2)[C@H](C(=O)NC2CCCC2)c2ccccc2)c1. The van der Waals surface area contributed by atoms with E-state index < -0.39 is 6.04 Å². The largest absolute Gasteiger partial charge is 0.351 e. The van der Waals surface area contributed by atoms with Crippen molar-refractivity contribution in [3.8, 4) is 0 Å². The van der Waals surface area contributed by atoms with Crippen LogP contribution in [0.15, 0.2) is 72.1 Å². The maximum Gasteiger partial charge on any atom is 0.264 e. The van der Waals surface area contributed by atoms with Crippen LogP contribution in [0.4, 0.5) is 0 Å². The summed E-state index contributed by atoms with van der Waals surface area (Å²) in [5, 5.41) is 5.14. The van der Waals surface area contributed by atoms with Gasteiger partial charge in [-0.25, -0.2) is 0 Å². The lowest BCUT2D eigenvalue weighted by Gasteiger charge is -2.32. The third-order valence-corrected chi connectivity index (χ3v) is 6.95. The molecule has 166 valence electrons. The molecule has 3 aromatic rings. The van der Waals surface area contributed by atoms with Crippen molar-refractivity contribution < 1.29 is 9.59 Å². The van der Waals surface area contributed by atoms with E-state index >= 15 is 0 Å². The van der Waals surface area contributed by atoms with Crippen LogP contribution in [0.5, 0.6) is 0 Å². The van der Waals surface area contributed by atoms with Crippen LogP contribution in [0.2, 0.25) is 0 Å². The normalized spacial score (nSPS) is 14.8. The molecule has 1 aliphatic carbocycles. The monoisotopic (exact) mass is 446 g/mol. The molecule has 2 amide bonds. The smallest absolute Gasteiger partial charge is 0.264 e. The van der Waals surface area contributed by atoms with E-state index in [0.29, 0.717) is 17.8 Å². The molecule has 0 spiro atoms. The summed E-state index contributed by atoms with van der Waals surface area (Å²) in [6.07, 6.45) is 5.00. The Morgan fingerprint density at radius 1 is 1.03 bits per heavy atom. The van der Waals surface area contributed by atoms with Gasteiger partial charge in [0.25, 0.3) is 5.91 Å². The first-order chi connectivity index (χ1) is 15.6. The lowest BCUT2D eigenvalue weighted by molar-refractivity contribution is -0.126. The van der Waals surface area contributed by atoms with Gasteiger partial charge in [-0.3, -0.25) is 9.59 Å². The number of carbonyl (C=O) groups is 2. The van der Waals surface area contributed by atoms with Crippen molar-refractivity contribution >= 4 is 23.2 Å². The number of carbonyl (C=O) groups excluding carboxylic acids is 2. The quantitative estimate of drug-likeness (QED) is 0.494. The topological polar surface area (TPSA) is 49.4 Å². The van der Waals surface area contributed by atoms with Crippen LogP contribution in [0.1, 0.15) is 58.1 Å². The van der Waals surface area contributed by atoms with Gasteiger partial charge < -0.3 is 10.2 Å². The standard InChI is InChI=1S/C27H30N2O2S/c1-20-9-7-10-21(19-20)16-17-29(27(31)24-15-8-18-32-24)25(22-11-3-2-4-12-22)26(30)28-23-13-5-6-14-23/h2-4,7-12,15,18-19,23,25H,5-6,13-14,16-17H2,1H3,(H,28,30)/t25-/m0/s1. The Bertz CT molecular complexity index is 1030. The minimum atomic E-state index is -0.656. The zero-order chi connectivity index (χ0) is 22.3. The fourth-order valence-corrected chi connectivity index (χ4v) is 5.14. The van der Waals surface area contributed by atoms with Gasteiger partial charge in [0.05, 0.1) is 4.88 Å². The Hall–Kier alpha value is -2.92. The van der Waals surface area contributed by atoms with E-state index in [2.05, 4.69) is 30.4 Å². The molecule has 1 saturated carbocycles. The lowest BCUT2D eigenvalue weighted by atomic mass is 10.0. The van der Waals surface area contributed by atoms with Crippen LogP contribution in [0.3, 0.4) is 0 Å². The van der Waals surface area contributed by atoms with E-state index in [1.54, 1.807) is 4.90 Å². The average molecular weight is 447 g/mol. The molecule has 1 aromatic heterocycles. The molecule has 0 saturated heterocycles. The Morgan fingerprint density at radius 3 is 2.50 bits per heavy atom. The van der Waals surface area contributed by atoms with Gasteiger partial charge in [-0.05, 0) is 48.8 Å². The molecule has 1 aliphatic rings. The highest BCUT2D eigenvalue weighted by atomic mass is 32.1. The van der Waals surface area contributed by atoms with Crippen molar-refractivity contribution in [2.75, 3.05) is 6.54 Å². The molecular formula is C27H30N2O2S. The number of thiophene rings is 1. The van der Waals surface area contributed by atoms with Gasteiger partial charge in [-0.2, -0.15) is 0 Å². The number of benzene rings is 2. The van der Waals surface area contributed by atoms with Crippen molar-refractivity contribution in [1.82, 2.24) is 10.2 Å². The first-order valence-corrected chi connectivity index (χ1v) is 12.2. The number of nitrogens with zero attached hydrogens (tertiary/aromatic N) is 1. The van der Waals surface area contributed by atoms with Crippen molar-refractivity contribution in [3.63, 3.8) is 0 Å². The van der Waals surface area contributed by atoms with Crippen LogP contribution in [0, 0.1) is 6.92 Å². The molecule has 0 aliphatic heterocycles. The highest BCUT2D eigenvalue weighted by molar-refractivity contribution is 7.12. The van der Waals surface area contributed by atoms with Gasteiger partial charge in [0, 0.05) is 12.6 Å². The number of nitrogens with one attached hydrogen (secondary N) is 1. The van der Waals surface area contributed by atoms with Crippen LogP contribution in [0.25, 0.3) is 0 Å². The summed E-state index contributed by atoms with van der Waals surface area (Å²) >= 11 is 1.42. The van der Waals surface area contributed by atoms with Gasteiger partial charge in [0.2, 0.25) is 5.91 Å². The van der Waals surface area contributed by atoms with Crippen LogP contribution in [-0.2, 0) is 11.2 Å². The summed E-state index contributed by atoms with van der Waals surface area (Å²) in [6.45, 7) is 2.54. The molecule has 4 rings (SSSR count). The predicted molar refractivity (Wildman–Crippen MR) is 130 cm³/mol. The van der Waals surface area contributed by atoms with Crippen molar-refractivity contribution in [2.45, 2.75) is 51.1 Å². The fraction of sp³-hybridized carbons (Fsp3) is 0.333. The van der Waals surface area contributed by atoms with Gasteiger partial charge in [0.1, 0.15) is 6.04 Å². The van der Waals surface area contributed by atoms with E-state index in [9.17, 15) is 9.59 Å². The molecule has 1 heterocycles. The van der Waals surface area contributed by atoms with Crippen LogP contribution >= 0.6 is 11.3 Å². The molecule has 4 nitrogen and oxygen atoms in total. The molecule has 1 N–H and O–H groups in total. The van der Waals surface area contributed by atoms with Crippen LogP contribution in [-0.4, -0.2) is 29.3 Å². The molecule has 5 heteroatoms. The van der Waals surface area contributed by atoms with E-state index in [4.69, 9.17) is 0 Å². The summed E-state index contributed by atoms with van der Waals surface area (Å²) in [6, 6.07) is 21.3. The van der Waals surface area contributed by atoms with Gasteiger partial charge >= 0.3 is 0 Å².